The van der Waals surface area contributed by atoms with E-state index in [1.165, 1.54) is 6.33 Å². The largest absolute Gasteiger partial charge is 0.376 e. The highest BCUT2D eigenvalue weighted by Crippen LogP contribution is 2.20. The third-order valence-corrected chi connectivity index (χ3v) is 2.11. The van der Waals surface area contributed by atoms with Gasteiger partial charge in [0.05, 0.1) is 11.4 Å². The molecular formula is C9H10N6S. The van der Waals surface area contributed by atoms with Gasteiger partial charge in [0.2, 0.25) is 0 Å². The van der Waals surface area contributed by atoms with E-state index in [0.717, 1.165) is 16.9 Å². The number of nitrogens with two attached hydrogens (primary N) is 1. The Labute approximate surface area is 97.5 Å². The fraction of sp³-hybridized carbons (Fsp3) is 0.111. The van der Waals surface area contributed by atoms with Crippen LogP contribution in [0.15, 0.2) is 24.5 Å². The molecule has 2 aromatic rings. The molecule has 2 rings (SSSR count). The van der Waals surface area contributed by atoms with Crippen LogP contribution in [-0.2, 0) is 0 Å². The first kappa shape index (κ1) is 10.5. The molecule has 0 saturated carbocycles. The van der Waals surface area contributed by atoms with Gasteiger partial charge in [0, 0.05) is 0 Å². The lowest BCUT2D eigenvalue weighted by Crippen LogP contribution is -2.20. The number of aromatic nitrogens is 4. The number of nitrogens with zero attached hydrogens (tertiary/aromatic N) is 4. The summed E-state index contributed by atoms with van der Waals surface area (Å²) in [5.41, 5.74) is 8.12. The lowest BCUT2D eigenvalue weighted by molar-refractivity contribution is 0.790. The van der Waals surface area contributed by atoms with Crippen LogP contribution in [0.2, 0.25) is 0 Å². The quantitative estimate of drug-likeness (QED) is 0.742. The van der Waals surface area contributed by atoms with E-state index in [4.69, 9.17) is 18.0 Å². The summed E-state index contributed by atoms with van der Waals surface area (Å²) >= 11 is 4.82. The minimum Gasteiger partial charge on any atom is -0.376 e. The van der Waals surface area contributed by atoms with Crippen LogP contribution in [0.1, 0.15) is 5.56 Å². The summed E-state index contributed by atoms with van der Waals surface area (Å²) in [6.45, 7) is 1.98. The van der Waals surface area contributed by atoms with E-state index in [9.17, 15) is 0 Å². The van der Waals surface area contributed by atoms with Gasteiger partial charge in [-0.3, -0.25) is 0 Å². The van der Waals surface area contributed by atoms with E-state index >= 15 is 0 Å². The molecule has 82 valence electrons. The number of benzene rings is 1. The first-order valence-electron chi connectivity index (χ1n) is 4.57. The summed E-state index contributed by atoms with van der Waals surface area (Å²) in [7, 11) is 0. The van der Waals surface area contributed by atoms with Crippen molar-refractivity contribution in [3.63, 3.8) is 0 Å². The maximum atomic E-state index is 5.46. The van der Waals surface area contributed by atoms with Gasteiger partial charge < -0.3 is 11.1 Å². The average Bonchev–Trinajstić information content (AvgIpc) is 2.69. The highest BCUT2D eigenvalue weighted by atomic mass is 32.1. The van der Waals surface area contributed by atoms with Crippen LogP contribution in [0.5, 0.6) is 0 Å². The summed E-state index contributed by atoms with van der Waals surface area (Å²) < 4.78 is 1.54. The number of tetrazole rings is 1. The molecular weight excluding hydrogens is 224 g/mol. The van der Waals surface area contributed by atoms with E-state index in [0.29, 0.717) is 0 Å². The zero-order chi connectivity index (χ0) is 11.5. The molecule has 7 heteroatoms. The zero-order valence-electron chi connectivity index (χ0n) is 8.58. The highest BCUT2D eigenvalue weighted by molar-refractivity contribution is 7.80. The van der Waals surface area contributed by atoms with E-state index in [1.54, 1.807) is 4.68 Å². The molecule has 0 spiro atoms. The standard InChI is InChI=1S/C9H10N6S/c1-6-2-3-8(15-5-11-13-14-15)7(4-6)12-9(10)16/h2-5H,1H3,(H3,10,12,16). The Balaban J connectivity index is 2.48. The first-order valence-corrected chi connectivity index (χ1v) is 4.98. The molecule has 0 aliphatic carbocycles. The SMILES string of the molecule is Cc1ccc(-n2cnnn2)c(NC(N)=S)c1. The van der Waals surface area contributed by atoms with Crippen LogP contribution in [0.3, 0.4) is 0 Å². The number of anilines is 1. The number of aryl methyl sites for hydroxylation is 1. The van der Waals surface area contributed by atoms with E-state index in [1.807, 2.05) is 25.1 Å². The number of nitrogens with one attached hydrogen (secondary N) is 1. The maximum Gasteiger partial charge on any atom is 0.168 e. The molecule has 1 aromatic carbocycles. The summed E-state index contributed by atoms with van der Waals surface area (Å²) in [4.78, 5) is 0. The van der Waals surface area contributed by atoms with Crippen molar-refractivity contribution in [3.8, 4) is 5.69 Å². The number of hydrogen-bond acceptors (Lipinski definition) is 4. The molecule has 0 bridgehead atoms. The predicted octanol–water partition coefficient (Wildman–Crippen LogP) is 0.626. The van der Waals surface area contributed by atoms with Gasteiger partial charge in [-0.2, -0.15) is 4.68 Å². The van der Waals surface area contributed by atoms with E-state index in [-0.39, 0.29) is 5.11 Å². The average molecular weight is 234 g/mol. The Morgan fingerprint density at radius 2 is 2.31 bits per heavy atom. The van der Waals surface area contributed by atoms with Gasteiger partial charge in [-0.15, -0.1) is 5.10 Å². The van der Waals surface area contributed by atoms with Crippen molar-refractivity contribution in [2.24, 2.45) is 5.73 Å². The van der Waals surface area contributed by atoms with Crippen LogP contribution in [0.25, 0.3) is 5.69 Å². The van der Waals surface area contributed by atoms with Crippen LogP contribution >= 0.6 is 12.2 Å². The van der Waals surface area contributed by atoms with Crippen molar-refractivity contribution in [1.29, 1.82) is 0 Å². The molecule has 3 N–H and O–H groups in total. The minimum atomic E-state index is 0.208. The smallest absolute Gasteiger partial charge is 0.168 e. The van der Waals surface area contributed by atoms with Crippen molar-refractivity contribution in [2.45, 2.75) is 6.92 Å². The van der Waals surface area contributed by atoms with Gasteiger partial charge >= 0.3 is 0 Å². The van der Waals surface area contributed by atoms with Crippen molar-refractivity contribution in [3.05, 3.63) is 30.1 Å². The lowest BCUT2D eigenvalue weighted by Gasteiger charge is -2.10. The molecule has 1 aromatic heterocycles. The third kappa shape index (κ3) is 2.14. The van der Waals surface area contributed by atoms with Gasteiger partial charge in [0.15, 0.2) is 5.11 Å². The third-order valence-electron chi connectivity index (χ3n) is 2.01. The highest BCUT2D eigenvalue weighted by Gasteiger charge is 2.06. The number of hydrogen-bond donors (Lipinski definition) is 2. The first-order chi connectivity index (χ1) is 7.66. The molecule has 0 fully saturated rings. The number of rotatable bonds is 2. The van der Waals surface area contributed by atoms with Gasteiger partial charge in [0.25, 0.3) is 0 Å². The van der Waals surface area contributed by atoms with Gasteiger partial charge in [-0.25, -0.2) is 0 Å². The molecule has 0 aliphatic heterocycles. The van der Waals surface area contributed by atoms with Crippen LogP contribution in [0.4, 0.5) is 5.69 Å². The van der Waals surface area contributed by atoms with Crippen molar-refractivity contribution < 1.29 is 0 Å². The Morgan fingerprint density at radius 1 is 1.50 bits per heavy atom. The summed E-state index contributed by atoms with van der Waals surface area (Å²) in [6, 6.07) is 5.78. The van der Waals surface area contributed by atoms with Crippen molar-refractivity contribution in [2.75, 3.05) is 5.32 Å². The Kier molecular flexibility index (Phi) is 2.78. The summed E-state index contributed by atoms with van der Waals surface area (Å²) in [5.74, 6) is 0. The monoisotopic (exact) mass is 234 g/mol. The summed E-state index contributed by atoms with van der Waals surface area (Å²) in [6.07, 6.45) is 1.51. The second kappa shape index (κ2) is 4.23. The molecule has 1 heterocycles. The van der Waals surface area contributed by atoms with Crippen molar-refractivity contribution in [1.82, 2.24) is 20.2 Å². The van der Waals surface area contributed by atoms with Gasteiger partial charge in [-0.1, -0.05) is 6.07 Å². The van der Waals surface area contributed by atoms with Gasteiger partial charge in [0.1, 0.15) is 6.33 Å². The molecule has 16 heavy (non-hydrogen) atoms. The molecule has 6 nitrogen and oxygen atoms in total. The summed E-state index contributed by atoms with van der Waals surface area (Å²) in [5, 5.41) is 14.1. The maximum absolute atomic E-state index is 5.46. The Morgan fingerprint density at radius 3 is 2.94 bits per heavy atom. The topological polar surface area (TPSA) is 81.7 Å². The predicted molar refractivity (Wildman–Crippen MR) is 64.3 cm³/mol. The van der Waals surface area contributed by atoms with Gasteiger partial charge in [-0.05, 0) is 47.3 Å². The second-order valence-corrected chi connectivity index (χ2v) is 3.70. The zero-order valence-corrected chi connectivity index (χ0v) is 9.40. The lowest BCUT2D eigenvalue weighted by atomic mass is 10.2. The van der Waals surface area contributed by atoms with E-state index < -0.39 is 0 Å². The fourth-order valence-electron chi connectivity index (χ4n) is 1.35. The fourth-order valence-corrected chi connectivity index (χ4v) is 1.46. The van der Waals surface area contributed by atoms with Crippen LogP contribution in [0, 0.1) is 6.92 Å². The molecule has 0 unspecified atom stereocenters. The molecule has 0 radical (unpaired) electrons. The molecule has 0 atom stereocenters. The normalized spacial score (nSPS) is 10.1. The van der Waals surface area contributed by atoms with Crippen molar-refractivity contribution >= 4 is 23.0 Å². The minimum absolute atomic E-state index is 0.208. The molecule has 0 aliphatic rings. The Hall–Kier alpha value is -2.02. The van der Waals surface area contributed by atoms with Crippen LogP contribution in [-0.4, -0.2) is 25.3 Å². The van der Waals surface area contributed by atoms with Crippen LogP contribution < -0.4 is 11.1 Å². The van der Waals surface area contributed by atoms with E-state index in [2.05, 4.69) is 20.8 Å². The second-order valence-electron chi connectivity index (χ2n) is 3.26. The molecule has 0 amide bonds. The number of thiocarbonyl (C=S) groups is 1. The Bertz CT molecular complexity index is 507. The molecule has 0 saturated heterocycles.